The van der Waals surface area contributed by atoms with Crippen LogP contribution in [-0.2, 0) is 9.59 Å². The maximum absolute atomic E-state index is 12.4. The van der Waals surface area contributed by atoms with Crippen LogP contribution in [0.2, 0.25) is 0 Å². The summed E-state index contributed by atoms with van der Waals surface area (Å²) in [5.74, 6) is 1.15. The van der Waals surface area contributed by atoms with Crippen molar-refractivity contribution in [2.45, 2.75) is 66.2 Å². The number of fused-ring (bicyclic) bond motifs is 3. The van der Waals surface area contributed by atoms with Gasteiger partial charge in [0, 0.05) is 22.7 Å². The molecule has 0 saturated heterocycles. The van der Waals surface area contributed by atoms with Crippen molar-refractivity contribution in [3.8, 4) is 0 Å². The van der Waals surface area contributed by atoms with Crippen molar-refractivity contribution in [2.24, 2.45) is 22.7 Å². The molecular weight excluding hydrogens is 224 g/mol. The van der Waals surface area contributed by atoms with Gasteiger partial charge in [-0.25, -0.2) is 0 Å². The van der Waals surface area contributed by atoms with E-state index in [9.17, 15) is 9.59 Å². The molecule has 0 amide bonds. The van der Waals surface area contributed by atoms with Crippen molar-refractivity contribution < 1.29 is 9.59 Å². The molecule has 18 heavy (non-hydrogen) atoms. The van der Waals surface area contributed by atoms with E-state index in [2.05, 4.69) is 0 Å². The van der Waals surface area contributed by atoms with Crippen LogP contribution in [0.5, 0.6) is 0 Å². The van der Waals surface area contributed by atoms with Crippen LogP contribution >= 0.6 is 0 Å². The molecule has 102 valence electrons. The van der Waals surface area contributed by atoms with Crippen molar-refractivity contribution in [2.75, 3.05) is 0 Å². The van der Waals surface area contributed by atoms with E-state index in [1.54, 1.807) is 0 Å². The second-order valence-electron chi connectivity index (χ2n) is 7.10. The van der Waals surface area contributed by atoms with Gasteiger partial charge in [-0.05, 0) is 38.5 Å². The Morgan fingerprint density at radius 1 is 0.667 bits per heavy atom. The van der Waals surface area contributed by atoms with Gasteiger partial charge in [0.2, 0.25) is 0 Å². The molecule has 0 atom stereocenters. The Balaban J connectivity index is 2.15. The fraction of sp³-hybridized carbons (Fsp3) is 0.875. The highest BCUT2D eigenvalue weighted by Gasteiger charge is 2.55. The number of ketones is 2. The van der Waals surface area contributed by atoms with Gasteiger partial charge in [0.1, 0.15) is 11.6 Å². The van der Waals surface area contributed by atoms with Crippen LogP contribution in [0.3, 0.4) is 0 Å². The van der Waals surface area contributed by atoms with Gasteiger partial charge in [0.05, 0.1) is 0 Å². The zero-order valence-corrected chi connectivity index (χ0v) is 12.2. The van der Waals surface area contributed by atoms with Crippen LogP contribution in [-0.4, -0.2) is 11.6 Å². The Morgan fingerprint density at radius 2 is 0.889 bits per heavy atom. The topological polar surface area (TPSA) is 34.1 Å². The molecule has 2 bridgehead atoms. The van der Waals surface area contributed by atoms with Crippen molar-refractivity contribution in [1.82, 2.24) is 0 Å². The van der Waals surface area contributed by atoms with Crippen LogP contribution in [0.25, 0.3) is 0 Å². The molecule has 0 radical (unpaired) electrons. The summed E-state index contributed by atoms with van der Waals surface area (Å²) >= 11 is 0. The molecule has 0 unspecified atom stereocenters. The van der Waals surface area contributed by atoms with Crippen molar-refractivity contribution in [3.05, 3.63) is 0 Å². The number of carbonyl (C=O) groups excluding carboxylic acids is 2. The molecule has 3 fully saturated rings. The quantitative estimate of drug-likeness (QED) is 0.761. The monoisotopic (exact) mass is 250 g/mol. The van der Waals surface area contributed by atoms with Gasteiger partial charge in [-0.3, -0.25) is 9.59 Å². The summed E-state index contributed by atoms with van der Waals surface area (Å²) in [6.07, 6.45) is 5.68. The number of carbonyl (C=O) groups is 2. The van der Waals surface area contributed by atoms with Crippen LogP contribution in [0.4, 0.5) is 0 Å². The third kappa shape index (κ3) is 1.94. The summed E-state index contributed by atoms with van der Waals surface area (Å²) in [5, 5.41) is 0. The number of rotatable bonds is 4. The first-order chi connectivity index (χ1) is 8.33. The fourth-order valence-corrected chi connectivity index (χ4v) is 4.15. The summed E-state index contributed by atoms with van der Waals surface area (Å²) < 4.78 is 0. The van der Waals surface area contributed by atoms with Crippen LogP contribution in [0.1, 0.15) is 66.2 Å². The van der Waals surface area contributed by atoms with Gasteiger partial charge in [0.25, 0.3) is 0 Å². The van der Waals surface area contributed by atoms with E-state index in [0.29, 0.717) is 11.6 Å². The first kappa shape index (κ1) is 13.8. The van der Waals surface area contributed by atoms with E-state index in [1.165, 1.54) is 0 Å². The van der Waals surface area contributed by atoms with Crippen molar-refractivity contribution in [3.63, 3.8) is 0 Å². The van der Waals surface area contributed by atoms with Gasteiger partial charge < -0.3 is 0 Å². The molecule has 2 heteroatoms. The van der Waals surface area contributed by atoms with E-state index >= 15 is 0 Å². The molecule has 0 aromatic carbocycles. The van der Waals surface area contributed by atoms with E-state index in [4.69, 9.17) is 0 Å². The molecule has 2 nitrogen and oxygen atoms in total. The summed E-state index contributed by atoms with van der Waals surface area (Å²) in [7, 11) is 0. The van der Waals surface area contributed by atoms with Crippen molar-refractivity contribution >= 4 is 11.6 Å². The van der Waals surface area contributed by atoms with Crippen LogP contribution in [0, 0.1) is 22.7 Å². The molecule has 0 heterocycles. The maximum atomic E-state index is 12.4. The lowest BCUT2D eigenvalue weighted by Gasteiger charge is -2.52. The van der Waals surface area contributed by atoms with Crippen LogP contribution < -0.4 is 0 Å². The van der Waals surface area contributed by atoms with E-state index in [0.717, 1.165) is 38.5 Å². The maximum Gasteiger partial charge on any atom is 0.141 e. The number of Topliss-reactive ketones (excluding diaryl/α,β-unsaturated/α-hetero) is 2. The summed E-state index contributed by atoms with van der Waals surface area (Å²) in [5.41, 5.74) is -0.152. The Bertz CT molecular complexity index is 305. The smallest absolute Gasteiger partial charge is 0.141 e. The predicted octanol–water partition coefficient (Wildman–Crippen LogP) is 3.78. The fourth-order valence-electron chi connectivity index (χ4n) is 4.15. The third-order valence-corrected chi connectivity index (χ3v) is 5.34. The van der Waals surface area contributed by atoms with Gasteiger partial charge in [-0.1, -0.05) is 27.7 Å². The molecular formula is C16H26O2. The van der Waals surface area contributed by atoms with Gasteiger partial charge in [-0.2, -0.15) is 0 Å². The average Bonchev–Trinajstić information content (AvgIpc) is 2.38. The zero-order chi connectivity index (χ0) is 13.6. The molecule has 0 spiro atoms. The molecule has 3 rings (SSSR count). The molecule has 0 N–H and O–H groups in total. The lowest BCUT2D eigenvalue weighted by atomic mass is 9.50. The van der Waals surface area contributed by atoms with Crippen LogP contribution in [0.15, 0.2) is 0 Å². The number of hydrogen-bond donors (Lipinski definition) is 0. The highest BCUT2D eigenvalue weighted by Crippen LogP contribution is 2.58. The summed E-state index contributed by atoms with van der Waals surface area (Å²) in [4.78, 5) is 24.8. The van der Waals surface area contributed by atoms with E-state index in [1.807, 2.05) is 27.7 Å². The third-order valence-electron chi connectivity index (χ3n) is 5.34. The van der Waals surface area contributed by atoms with Gasteiger partial charge >= 0.3 is 0 Å². The lowest BCUT2D eigenvalue weighted by Crippen LogP contribution is -2.51. The van der Waals surface area contributed by atoms with E-state index < -0.39 is 0 Å². The molecule has 3 aliphatic carbocycles. The predicted molar refractivity (Wildman–Crippen MR) is 72.3 cm³/mol. The first-order valence-electron chi connectivity index (χ1n) is 7.42. The SMILES string of the molecule is CC(C)C(=O)C12CCC(C(=O)C(C)C)(CC1)CC2. The molecule has 3 saturated carbocycles. The summed E-state index contributed by atoms with van der Waals surface area (Å²) in [6.45, 7) is 8.03. The highest BCUT2D eigenvalue weighted by atomic mass is 16.1. The molecule has 0 aromatic heterocycles. The Labute approximate surface area is 111 Å². The zero-order valence-electron chi connectivity index (χ0n) is 12.2. The minimum atomic E-state index is -0.0762. The normalized spacial score (nSPS) is 35.2. The average molecular weight is 250 g/mol. The Hall–Kier alpha value is -0.660. The minimum Gasteiger partial charge on any atom is -0.299 e. The minimum absolute atomic E-state index is 0.0762. The summed E-state index contributed by atoms with van der Waals surface area (Å²) in [6, 6.07) is 0. The Kier molecular flexibility index (Phi) is 3.42. The molecule has 3 aliphatic rings. The lowest BCUT2D eigenvalue weighted by molar-refractivity contribution is -0.151. The second kappa shape index (κ2) is 4.47. The second-order valence-corrected chi connectivity index (χ2v) is 7.10. The Morgan fingerprint density at radius 3 is 1.06 bits per heavy atom. The van der Waals surface area contributed by atoms with Gasteiger partial charge in [-0.15, -0.1) is 0 Å². The van der Waals surface area contributed by atoms with Gasteiger partial charge in [0.15, 0.2) is 0 Å². The molecule has 0 aliphatic heterocycles. The standard InChI is InChI=1S/C16H26O2/c1-11(2)13(17)15-5-8-16(9-6-15,10-7-15)14(18)12(3)4/h11-12H,5-10H2,1-4H3. The number of hydrogen-bond acceptors (Lipinski definition) is 2. The largest absolute Gasteiger partial charge is 0.299 e. The van der Waals surface area contributed by atoms with E-state index in [-0.39, 0.29) is 22.7 Å². The van der Waals surface area contributed by atoms with Crippen molar-refractivity contribution in [1.29, 1.82) is 0 Å². The first-order valence-corrected chi connectivity index (χ1v) is 7.42. The highest BCUT2D eigenvalue weighted by molar-refractivity contribution is 5.90. The molecule has 0 aromatic rings.